The minimum absolute atomic E-state index is 0.272. The Hall–Kier alpha value is -1.26. The Morgan fingerprint density at radius 1 is 1.62 bits per heavy atom. The number of urea groups is 1. The van der Waals surface area contributed by atoms with Crippen molar-refractivity contribution >= 4 is 12.0 Å². The molecule has 0 aromatic carbocycles. The summed E-state index contributed by atoms with van der Waals surface area (Å²) in [5, 5.41) is 10.7. The van der Waals surface area contributed by atoms with E-state index in [9.17, 15) is 9.59 Å². The second-order valence-corrected chi connectivity index (χ2v) is 3.39. The van der Waals surface area contributed by atoms with Crippen molar-refractivity contribution in [3.05, 3.63) is 0 Å². The first-order valence-electron chi connectivity index (χ1n) is 4.34. The van der Waals surface area contributed by atoms with Gasteiger partial charge in [0.2, 0.25) is 0 Å². The Kier molecular flexibility index (Phi) is 3.11. The number of amides is 2. The lowest BCUT2D eigenvalue weighted by atomic mass is 10.2. The van der Waals surface area contributed by atoms with E-state index in [0.717, 1.165) is 19.5 Å². The molecule has 1 rings (SSSR count). The van der Waals surface area contributed by atoms with Gasteiger partial charge in [-0.25, -0.2) is 4.79 Å². The van der Waals surface area contributed by atoms with Crippen molar-refractivity contribution in [2.24, 2.45) is 5.92 Å². The van der Waals surface area contributed by atoms with Crippen LogP contribution in [0.5, 0.6) is 0 Å². The zero-order chi connectivity index (χ0) is 9.84. The van der Waals surface area contributed by atoms with E-state index >= 15 is 0 Å². The number of carboxylic acid groups (broad SMARTS) is 1. The smallest absolute Gasteiger partial charge is 0.323 e. The summed E-state index contributed by atoms with van der Waals surface area (Å²) in [5.74, 6) is -0.490. The van der Waals surface area contributed by atoms with Gasteiger partial charge in [-0.1, -0.05) is 6.92 Å². The zero-order valence-electron chi connectivity index (χ0n) is 7.62. The molecule has 2 N–H and O–H groups in total. The van der Waals surface area contributed by atoms with E-state index < -0.39 is 5.97 Å². The van der Waals surface area contributed by atoms with E-state index in [-0.39, 0.29) is 12.6 Å². The molecule has 0 spiro atoms. The zero-order valence-corrected chi connectivity index (χ0v) is 7.62. The number of likely N-dealkylation sites (tertiary alicyclic amines) is 1. The third-order valence-corrected chi connectivity index (χ3v) is 2.10. The second kappa shape index (κ2) is 4.11. The van der Waals surface area contributed by atoms with Crippen molar-refractivity contribution < 1.29 is 14.7 Å². The SMILES string of the molecule is CC1CCN(C(=O)NCC(=O)O)C1. The minimum Gasteiger partial charge on any atom is -0.480 e. The van der Waals surface area contributed by atoms with Crippen LogP contribution in [0.1, 0.15) is 13.3 Å². The molecule has 5 nitrogen and oxygen atoms in total. The quantitative estimate of drug-likeness (QED) is 0.643. The van der Waals surface area contributed by atoms with Crippen molar-refractivity contribution in [1.29, 1.82) is 0 Å². The van der Waals surface area contributed by atoms with E-state index in [0.29, 0.717) is 5.92 Å². The van der Waals surface area contributed by atoms with Gasteiger partial charge in [-0.15, -0.1) is 0 Å². The van der Waals surface area contributed by atoms with Crippen LogP contribution < -0.4 is 5.32 Å². The summed E-state index contributed by atoms with van der Waals surface area (Å²) in [7, 11) is 0. The molecular formula is C8H14N2O3. The maximum absolute atomic E-state index is 11.2. The molecule has 0 bridgehead atoms. The third-order valence-electron chi connectivity index (χ3n) is 2.10. The summed E-state index contributed by atoms with van der Waals surface area (Å²) in [6.45, 7) is 3.23. The van der Waals surface area contributed by atoms with Gasteiger partial charge in [0.25, 0.3) is 0 Å². The van der Waals surface area contributed by atoms with Crippen molar-refractivity contribution in [3.63, 3.8) is 0 Å². The van der Waals surface area contributed by atoms with Crippen molar-refractivity contribution in [3.8, 4) is 0 Å². The normalized spacial score (nSPS) is 21.6. The fourth-order valence-electron chi connectivity index (χ4n) is 1.38. The van der Waals surface area contributed by atoms with E-state index in [1.54, 1.807) is 4.90 Å². The molecule has 1 unspecified atom stereocenters. The highest BCUT2D eigenvalue weighted by atomic mass is 16.4. The summed E-state index contributed by atoms with van der Waals surface area (Å²) in [4.78, 5) is 23.0. The van der Waals surface area contributed by atoms with Crippen LogP contribution in [0.2, 0.25) is 0 Å². The number of nitrogens with one attached hydrogen (secondary N) is 1. The molecule has 5 heteroatoms. The molecule has 1 heterocycles. The third kappa shape index (κ3) is 2.93. The standard InChI is InChI=1S/C8H14N2O3/c1-6-2-3-10(5-6)8(13)9-4-7(11)12/h6H,2-5H2,1H3,(H,9,13)(H,11,12). The van der Waals surface area contributed by atoms with Gasteiger partial charge < -0.3 is 15.3 Å². The molecule has 0 saturated carbocycles. The van der Waals surface area contributed by atoms with Crippen LogP contribution in [0.25, 0.3) is 0 Å². The first-order valence-corrected chi connectivity index (χ1v) is 4.34. The lowest BCUT2D eigenvalue weighted by Crippen LogP contribution is -2.40. The fourth-order valence-corrected chi connectivity index (χ4v) is 1.38. The number of carbonyl (C=O) groups is 2. The number of hydrogen-bond donors (Lipinski definition) is 2. The highest BCUT2D eigenvalue weighted by Gasteiger charge is 2.22. The van der Waals surface area contributed by atoms with E-state index in [1.165, 1.54) is 0 Å². The lowest BCUT2D eigenvalue weighted by Gasteiger charge is -2.15. The molecule has 74 valence electrons. The van der Waals surface area contributed by atoms with E-state index in [2.05, 4.69) is 12.2 Å². The van der Waals surface area contributed by atoms with Gasteiger partial charge in [-0.3, -0.25) is 4.79 Å². The van der Waals surface area contributed by atoms with Crippen LogP contribution in [0, 0.1) is 5.92 Å². The molecule has 1 aliphatic heterocycles. The maximum atomic E-state index is 11.2. The highest BCUT2D eigenvalue weighted by molar-refractivity contribution is 5.80. The Labute approximate surface area is 76.7 Å². The molecule has 0 aromatic heterocycles. The Morgan fingerprint density at radius 3 is 2.77 bits per heavy atom. The van der Waals surface area contributed by atoms with Crippen LogP contribution in [0.15, 0.2) is 0 Å². The average molecular weight is 186 g/mol. The predicted molar refractivity (Wildman–Crippen MR) is 46.4 cm³/mol. The second-order valence-electron chi connectivity index (χ2n) is 3.39. The van der Waals surface area contributed by atoms with Crippen molar-refractivity contribution in [2.75, 3.05) is 19.6 Å². The summed E-state index contributed by atoms with van der Waals surface area (Å²) in [6, 6.07) is -0.272. The first kappa shape index (κ1) is 9.83. The summed E-state index contributed by atoms with van der Waals surface area (Å²) in [5.41, 5.74) is 0. The van der Waals surface area contributed by atoms with Gasteiger partial charge in [0, 0.05) is 13.1 Å². The van der Waals surface area contributed by atoms with Crippen LogP contribution in [-0.2, 0) is 4.79 Å². The van der Waals surface area contributed by atoms with Crippen LogP contribution >= 0.6 is 0 Å². The van der Waals surface area contributed by atoms with Gasteiger partial charge in [-0.2, -0.15) is 0 Å². The summed E-state index contributed by atoms with van der Waals surface area (Å²) < 4.78 is 0. The maximum Gasteiger partial charge on any atom is 0.323 e. The van der Waals surface area contributed by atoms with Gasteiger partial charge in [-0.05, 0) is 12.3 Å². The van der Waals surface area contributed by atoms with Crippen LogP contribution in [0.3, 0.4) is 0 Å². The molecule has 1 aliphatic rings. The highest BCUT2D eigenvalue weighted by Crippen LogP contribution is 2.14. The van der Waals surface area contributed by atoms with E-state index in [4.69, 9.17) is 5.11 Å². The number of rotatable bonds is 2. The molecule has 0 aliphatic carbocycles. The average Bonchev–Trinajstić information content (AvgIpc) is 2.47. The number of carboxylic acids is 1. The van der Waals surface area contributed by atoms with Crippen molar-refractivity contribution in [1.82, 2.24) is 10.2 Å². The number of nitrogens with zero attached hydrogens (tertiary/aromatic N) is 1. The summed E-state index contributed by atoms with van der Waals surface area (Å²) in [6.07, 6.45) is 1.00. The topological polar surface area (TPSA) is 69.6 Å². The first-order chi connectivity index (χ1) is 6.09. The number of carbonyl (C=O) groups excluding carboxylic acids is 1. The summed E-state index contributed by atoms with van der Waals surface area (Å²) >= 11 is 0. The number of aliphatic carboxylic acids is 1. The molecule has 2 amide bonds. The van der Waals surface area contributed by atoms with Gasteiger partial charge in [0.15, 0.2) is 0 Å². The minimum atomic E-state index is -1.01. The molecular weight excluding hydrogens is 172 g/mol. The molecule has 1 atom stereocenters. The molecule has 1 fully saturated rings. The Morgan fingerprint density at radius 2 is 2.31 bits per heavy atom. The molecule has 0 radical (unpaired) electrons. The lowest BCUT2D eigenvalue weighted by molar-refractivity contribution is -0.135. The van der Waals surface area contributed by atoms with E-state index in [1.807, 2.05) is 0 Å². The van der Waals surface area contributed by atoms with Crippen LogP contribution in [0.4, 0.5) is 4.79 Å². The van der Waals surface area contributed by atoms with Crippen LogP contribution in [-0.4, -0.2) is 41.6 Å². The number of hydrogen-bond acceptors (Lipinski definition) is 2. The molecule has 13 heavy (non-hydrogen) atoms. The molecule has 0 aromatic rings. The van der Waals surface area contributed by atoms with Crippen molar-refractivity contribution in [2.45, 2.75) is 13.3 Å². The Balaban J connectivity index is 2.27. The fraction of sp³-hybridized carbons (Fsp3) is 0.750. The van der Waals surface area contributed by atoms with Gasteiger partial charge in [0.1, 0.15) is 6.54 Å². The largest absolute Gasteiger partial charge is 0.480 e. The monoisotopic (exact) mass is 186 g/mol. The van der Waals surface area contributed by atoms with Gasteiger partial charge >= 0.3 is 12.0 Å². The Bertz CT molecular complexity index is 217. The van der Waals surface area contributed by atoms with Gasteiger partial charge in [0.05, 0.1) is 0 Å². The predicted octanol–water partition coefficient (Wildman–Crippen LogP) is 0.122. The molecule has 1 saturated heterocycles.